The average molecular weight is 273 g/mol. The molecule has 0 fully saturated rings. The number of anilines is 1. The minimum Gasteiger partial charge on any atom is -0.462 e. The molecule has 0 amide bonds. The van der Waals surface area contributed by atoms with Crippen LogP contribution in [-0.4, -0.2) is 18.5 Å². The van der Waals surface area contributed by atoms with Gasteiger partial charge in [-0.25, -0.2) is 4.79 Å². The Balaban J connectivity index is 2.60. The van der Waals surface area contributed by atoms with E-state index < -0.39 is 11.9 Å². The quantitative estimate of drug-likeness (QED) is 0.528. The van der Waals surface area contributed by atoms with Crippen molar-refractivity contribution in [2.45, 2.75) is 13.8 Å². The largest absolute Gasteiger partial charge is 0.462 e. The molecule has 0 atom stereocenters. The predicted octanol–water partition coefficient (Wildman–Crippen LogP) is 2.52. The Hall–Kier alpha value is -2.56. The summed E-state index contributed by atoms with van der Waals surface area (Å²) in [6, 6.07) is 8.35. The van der Waals surface area contributed by atoms with Crippen LogP contribution in [0.1, 0.15) is 24.2 Å². The third-order valence-electron chi connectivity index (χ3n) is 2.71. The van der Waals surface area contributed by atoms with Gasteiger partial charge in [-0.3, -0.25) is 4.79 Å². The SMILES string of the molecule is CCOC(=O)c1cc(OC(C)=O)c2cc(N)ccc2c1. The summed E-state index contributed by atoms with van der Waals surface area (Å²) in [4.78, 5) is 23.0. The molecule has 0 aliphatic rings. The topological polar surface area (TPSA) is 78.6 Å². The number of ether oxygens (including phenoxy) is 2. The van der Waals surface area contributed by atoms with Gasteiger partial charge in [-0.2, -0.15) is 0 Å². The average Bonchev–Trinajstić information content (AvgIpc) is 2.38. The number of fused-ring (bicyclic) bond motifs is 1. The van der Waals surface area contributed by atoms with E-state index in [0.717, 1.165) is 5.39 Å². The van der Waals surface area contributed by atoms with Crippen molar-refractivity contribution in [2.75, 3.05) is 12.3 Å². The van der Waals surface area contributed by atoms with E-state index in [0.29, 0.717) is 22.4 Å². The molecule has 0 saturated heterocycles. The predicted molar refractivity (Wildman–Crippen MR) is 75.6 cm³/mol. The van der Waals surface area contributed by atoms with E-state index in [1.54, 1.807) is 31.2 Å². The van der Waals surface area contributed by atoms with Crippen molar-refractivity contribution in [3.63, 3.8) is 0 Å². The van der Waals surface area contributed by atoms with Crippen LogP contribution in [0.15, 0.2) is 30.3 Å². The van der Waals surface area contributed by atoms with Crippen molar-refractivity contribution < 1.29 is 19.1 Å². The van der Waals surface area contributed by atoms with E-state index in [2.05, 4.69) is 0 Å². The molecule has 0 heterocycles. The summed E-state index contributed by atoms with van der Waals surface area (Å²) in [7, 11) is 0. The first-order valence-electron chi connectivity index (χ1n) is 6.20. The number of benzene rings is 2. The summed E-state index contributed by atoms with van der Waals surface area (Å²) in [5, 5.41) is 1.43. The van der Waals surface area contributed by atoms with E-state index in [9.17, 15) is 9.59 Å². The second-order valence-electron chi connectivity index (χ2n) is 4.27. The summed E-state index contributed by atoms with van der Waals surface area (Å²) in [5.41, 5.74) is 6.62. The second-order valence-corrected chi connectivity index (χ2v) is 4.27. The molecule has 5 heteroatoms. The van der Waals surface area contributed by atoms with Crippen LogP contribution in [0.3, 0.4) is 0 Å². The van der Waals surface area contributed by atoms with Crippen LogP contribution in [0.4, 0.5) is 5.69 Å². The zero-order valence-corrected chi connectivity index (χ0v) is 11.3. The lowest BCUT2D eigenvalue weighted by Gasteiger charge is -2.10. The van der Waals surface area contributed by atoms with Crippen LogP contribution in [0.25, 0.3) is 10.8 Å². The van der Waals surface area contributed by atoms with E-state index in [1.807, 2.05) is 0 Å². The second kappa shape index (κ2) is 5.61. The minimum atomic E-state index is -0.463. The number of carbonyl (C=O) groups is 2. The summed E-state index contributed by atoms with van der Waals surface area (Å²) < 4.78 is 10.1. The van der Waals surface area contributed by atoms with E-state index >= 15 is 0 Å². The molecule has 0 aliphatic heterocycles. The van der Waals surface area contributed by atoms with Gasteiger partial charge < -0.3 is 15.2 Å². The minimum absolute atomic E-state index is 0.279. The molecule has 0 saturated carbocycles. The number of esters is 2. The Morgan fingerprint density at radius 1 is 1.20 bits per heavy atom. The van der Waals surface area contributed by atoms with Crippen molar-refractivity contribution in [3.8, 4) is 5.75 Å². The molecule has 0 unspecified atom stereocenters. The molecule has 2 aromatic rings. The lowest BCUT2D eigenvalue weighted by Crippen LogP contribution is -2.07. The maximum Gasteiger partial charge on any atom is 0.338 e. The summed E-state index contributed by atoms with van der Waals surface area (Å²) in [6.45, 7) is 3.31. The molecule has 0 aliphatic carbocycles. The highest BCUT2D eigenvalue weighted by Crippen LogP contribution is 2.30. The Bertz CT molecular complexity index is 679. The van der Waals surface area contributed by atoms with Gasteiger partial charge in [-0.15, -0.1) is 0 Å². The van der Waals surface area contributed by atoms with Crippen LogP contribution in [0, 0.1) is 0 Å². The van der Waals surface area contributed by atoms with E-state index in [4.69, 9.17) is 15.2 Å². The summed E-state index contributed by atoms with van der Waals surface area (Å²) in [5.74, 6) is -0.625. The normalized spacial score (nSPS) is 10.3. The highest BCUT2D eigenvalue weighted by molar-refractivity contribution is 6.00. The van der Waals surface area contributed by atoms with Crippen molar-refractivity contribution in [3.05, 3.63) is 35.9 Å². The third-order valence-corrected chi connectivity index (χ3v) is 2.71. The van der Waals surface area contributed by atoms with Gasteiger partial charge in [-0.1, -0.05) is 6.07 Å². The molecular weight excluding hydrogens is 258 g/mol. The monoisotopic (exact) mass is 273 g/mol. The number of rotatable bonds is 3. The Labute approximate surface area is 116 Å². The van der Waals surface area contributed by atoms with Crippen LogP contribution >= 0.6 is 0 Å². The maximum absolute atomic E-state index is 11.8. The molecule has 104 valence electrons. The maximum atomic E-state index is 11.8. The fraction of sp³-hybridized carbons (Fsp3) is 0.200. The molecule has 0 aromatic heterocycles. The molecule has 0 bridgehead atoms. The molecule has 20 heavy (non-hydrogen) atoms. The number of nitrogen functional groups attached to an aromatic ring is 1. The van der Waals surface area contributed by atoms with Gasteiger partial charge >= 0.3 is 11.9 Å². The first-order valence-corrected chi connectivity index (χ1v) is 6.20. The zero-order chi connectivity index (χ0) is 14.7. The third kappa shape index (κ3) is 2.88. The van der Waals surface area contributed by atoms with Crippen LogP contribution in [0.5, 0.6) is 5.75 Å². The summed E-state index contributed by atoms with van der Waals surface area (Å²) in [6.07, 6.45) is 0. The van der Waals surface area contributed by atoms with Crippen molar-refractivity contribution in [2.24, 2.45) is 0 Å². The number of hydrogen-bond acceptors (Lipinski definition) is 5. The Morgan fingerprint density at radius 3 is 2.60 bits per heavy atom. The van der Waals surface area contributed by atoms with Gasteiger partial charge in [-0.05, 0) is 36.6 Å². The zero-order valence-electron chi connectivity index (χ0n) is 11.3. The van der Waals surface area contributed by atoms with Gasteiger partial charge in [0.2, 0.25) is 0 Å². The first kappa shape index (κ1) is 13.9. The fourth-order valence-electron chi connectivity index (χ4n) is 1.91. The van der Waals surface area contributed by atoms with E-state index in [-0.39, 0.29) is 6.61 Å². The van der Waals surface area contributed by atoms with Crippen molar-refractivity contribution in [1.82, 2.24) is 0 Å². The molecular formula is C15H15NO4. The molecule has 2 N–H and O–H groups in total. The molecule has 2 rings (SSSR count). The number of hydrogen-bond donors (Lipinski definition) is 1. The van der Waals surface area contributed by atoms with Crippen LogP contribution < -0.4 is 10.5 Å². The van der Waals surface area contributed by atoms with Gasteiger partial charge in [0.15, 0.2) is 0 Å². The fourth-order valence-corrected chi connectivity index (χ4v) is 1.91. The molecule has 5 nitrogen and oxygen atoms in total. The van der Waals surface area contributed by atoms with Crippen molar-refractivity contribution >= 4 is 28.4 Å². The van der Waals surface area contributed by atoms with Crippen LogP contribution in [0.2, 0.25) is 0 Å². The van der Waals surface area contributed by atoms with Gasteiger partial charge in [0.05, 0.1) is 12.2 Å². The van der Waals surface area contributed by atoms with Gasteiger partial charge in [0, 0.05) is 18.0 Å². The molecule has 0 spiro atoms. The smallest absolute Gasteiger partial charge is 0.338 e. The highest BCUT2D eigenvalue weighted by atomic mass is 16.5. The lowest BCUT2D eigenvalue weighted by molar-refractivity contribution is -0.131. The number of carbonyl (C=O) groups excluding carboxylic acids is 2. The first-order chi connectivity index (χ1) is 9.51. The molecule has 0 radical (unpaired) electrons. The lowest BCUT2D eigenvalue weighted by atomic mass is 10.0. The standard InChI is InChI=1S/C15H15NO4/c1-3-19-15(18)11-6-10-4-5-12(16)8-13(10)14(7-11)20-9(2)17/h4-8H,3,16H2,1-2H3. The Kier molecular flexibility index (Phi) is 3.89. The Morgan fingerprint density at radius 2 is 1.95 bits per heavy atom. The number of nitrogens with two attached hydrogens (primary N) is 1. The van der Waals surface area contributed by atoms with Gasteiger partial charge in [0.25, 0.3) is 0 Å². The van der Waals surface area contributed by atoms with Gasteiger partial charge in [0.1, 0.15) is 5.75 Å². The van der Waals surface area contributed by atoms with Crippen LogP contribution in [-0.2, 0) is 9.53 Å². The van der Waals surface area contributed by atoms with E-state index in [1.165, 1.54) is 13.0 Å². The molecule has 2 aromatic carbocycles. The van der Waals surface area contributed by atoms with Crippen molar-refractivity contribution in [1.29, 1.82) is 0 Å². The summed E-state index contributed by atoms with van der Waals surface area (Å²) >= 11 is 0. The highest BCUT2D eigenvalue weighted by Gasteiger charge is 2.13.